The average molecular weight is 189 g/mol. The van der Waals surface area contributed by atoms with Gasteiger partial charge in [0.25, 0.3) is 0 Å². The second-order valence-corrected chi connectivity index (χ2v) is 2.31. The molecule has 0 saturated heterocycles. The van der Waals surface area contributed by atoms with E-state index < -0.39 is 0 Å². The Morgan fingerprint density at radius 2 is 1.77 bits per heavy atom. The minimum Gasteiger partial charge on any atom is -0.395 e. The second kappa shape index (κ2) is 9.29. The van der Waals surface area contributed by atoms with Crippen LogP contribution in [-0.4, -0.2) is 54.6 Å². The van der Waals surface area contributed by atoms with Gasteiger partial charge >= 0.3 is 0 Å². The Morgan fingerprint density at radius 1 is 1.15 bits per heavy atom. The number of hydrogen-bond acceptors (Lipinski definition) is 5. The van der Waals surface area contributed by atoms with Gasteiger partial charge in [0.1, 0.15) is 6.61 Å². The lowest BCUT2D eigenvalue weighted by Gasteiger charge is -2.18. The molecule has 0 saturated carbocycles. The van der Waals surface area contributed by atoms with Gasteiger partial charge in [0.2, 0.25) is 0 Å². The summed E-state index contributed by atoms with van der Waals surface area (Å²) in [4.78, 5) is 10.6. The van der Waals surface area contributed by atoms with E-state index in [1.807, 2.05) is 11.0 Å². The van der Waals surface area contributed by atoms with E-state index in [2.05, 4.69) is 9.78 Å². The number of nitrogens with zero attached hydrogens (tertiary/aromatic N) is 1. The Labute approximate surface area is 77.8 Å². The van der Waals surface area contributed by atoms with Gasteiger partial charge in [-0.25, -0.2) is 0 Å². The smallest absolute Gasteiger partial charge is 0.153 e. The molecule has 0 aliphatic carbocycles. The molecule has 0 fully saturated rings. The first-order valence-corrected chi connectivity index (χ1v) is 4.03. The van der Waals surface area contributed by atoms with E-state index in [9.17, 15) is 0 Å². The molecule has 5 nitrogen and oxygen atoms in total. The zero-order chi connectivity index (χ0) is 9.94. The summed E-state index contributed by atoms with van der Waals surface area (Å²) in [7, 11) is 0. The van der Waals surface area contributed by atoms with Crippen molar-refractivity contribution in [3.8, 4) is 12.5 Å². The van der Waals surface area contributed by atoms with Crippen molar-refractivity contribution >= 4 is 0 Å². The Kier molecular flexibility index (Phi) is 8.72. The predicted octanol–water partition coefficient (Wildman–Crippen LogP) is -1.19. The first-order chi connectivity index (χ1) is 6.35. The van der Waals surface area contributed by atoms with Crippen molar-refractivity contribution in [3.05, 3.63) is 0 Å². The van der Waals surface area contributed by atoms with Gasteiger partial charge in [0.05, 0.1) is 13.2 Å². The predicted molar refractivity (Wildman–Crippen MR) is 46.5 cm³/mol. The van der Waals surface area contributed by atoms with Gasteiger partial charge in [-0.2, -0.15) is 4.89 Å². The molecule has 0 radical (unpaired) electrons. The third kappa shape index (κ3) is 7.56. The summed E-state index contributed by atoms with van der Waals surface area (Å²) in [5.41, 5.74) is 0. The SMILES string of the molecule is C#COOCCN(CCO)CCO. The highest BCUT2D eigenvalue weighted by Crippen LogP contribution is 1.87. The highest BCUT2D eigenvalue weighted by Gasteiger charge is 2.02. The van der Waals surface area contributed by atoms with Crippen molar-refractivity contribution in [2.45, 2.75) is 0 Å². The van der Waals surface area contributed by atoms with Crippen molar-refractivity contribution in [1.29, 1.82) is 0 Å². The van der Waals surface area contributed by atoms with Crippen LogP contribution in [0.15, 0.2) is 0 Å². The minimum atomic E-state index is 0.0516. The molecule has 13 heavy (non-hydrogen) atoms. The van der Waals surface area contributed by atoms with Crippen molar-refractivity contribution in [2.24, 2.45) is 0 Å². The third-order valence-corrected chi connectivity index (χ3v) is 1.43. The minimum absolute atomic E-state index is 0.0516. The summed E-state index contributed by atoms with van der Waals surface area (Å²) in [6.07, 6.45) is 6.64. The Balaban J connectivity index is 3.39. The fourth-order valence-corrected chi connectivity index (χ4v) is 0.860. The van der Waals surface area contributed by atoms with Crippen molar-refractivity contribution in [1.82, 2.24) is 4.90 Å². The molecular formula is C8H15NO4. The fourth-order valence-electron chi connectivity index (χ4n) is 0.860. The summed E-state index contributed by atoms with van der Waals surface area (Å²) in [6, 6.07) is 0. The Morgan fingerprint density at radius 3 is 2.23 bits per heavy atom. The zero-order valence-corrected chi connectivity index (χ0v) is 7.48. The number of terminal acetylenes is 1. The zero-order valence-electron chi connectivity index (χ0n) is 7.48. The molecule has 5 heteroatoms. The summed E-state index contributed by atoms with van der Waals surface area (Å²) in [6.45, 7) is 1.97. The highest BCUT2D eigenvalue weighted by atomic mass is 17.2. The van der Waals surface area contributed by atoms with Gasteiger partial charge in [0.15, 0.2) is 6.11 Å². The number of hydrogen-bond donors (Lipinski definition) is 2. The van der Waals surface area contributed by atoms with Crippen LogP contribution in [0.2, 0.25) is 0 Å². The molecule has 2 N–H and O–H groups in total. The summed E-state index contributed by atoms with van der Waals surface area (Å²) < 4.78 is 0. The quantitative estimate of drug-likeness (QED) is 0.218. The van der Waals surface area contributed by atoms with Gasteiger partial charge in [-0.15, -0.1) is 0 Å². The standard InChI is InChI=1S/C8H15NO4/c1-2-12-13-8-5-9(3-6-10)4-7-11/h1,10-11H,3-8H2. The molecule has 0 aliphatic heterocycles. The molecule has 0 spiro atoms. The molecule has 0 aromatic rings. The van der Waals surface area contributed by atoms with Gasteiger partial charge in [-0.05, 0) is 0 Å². The van der Waals surface area contributed by atoms with Crippen LogP contribution in [0.25, 0.3) is 0 Å². The molecule has 0 aromatic carbocycles. The second-order valence-electron chi connectivity index (χ2n) is 2.31. The molecule has 0 rings (SSSR count). The van der Waals surface area contributed by atoms with E-state index >= 15 is 0 Å². The van der Waals surface area contributed by atoms with Crippen LogP contribution in [0.5, 0.6) is 0 Å². The first kappa shape index (κ1) is 12.2. The monoisotopic (exact) mass is 189 g/mol. The average Bonchev–Trinajstić information content (AvgIpc) is 2.13. The molecule has 76 valence electrons. The largest absolute Gasteiger partial charge is 0.395 e. The van der Waals surface area contributed by atoms with Crippen LogP contribution in [0, 0.1) is 12.5 Å². The lowest BCUT2D eigenvalue weighted by atomic mass is 10.4. The number of aliphatic hydroxyl groups is 2. The summed E-state index contributed by atoms with van der Waals surface area (Å²) >= 11 is 0. The van der Waals surface area contributed by atoms with Crippen molar-refractivity contribution in [3.63, 3.8) is 0 Å². The molecule has 0 atom stereocenters. The van der Waals surface area contributed by atoms with Crippen LogP contribution in [-0.2, 0) is 9.78 Å². The van der Waals surface area contributed by atoms with Crippen LogP contribution in [0.3, 0.4) is 0 Å². The molecule has 0 heterocycles. The van der Waals surface area contributed by atoms with Crippen molar-refractivity contribution in [2.75, 3.05) is 39.5 Å². The summed E-state index contributed by atoms with van der Waals surface area (Å²) in [5, 5.41) is 17.3. The lowest BCUT2D eigenvalue weighted by molar-refractivity contribution is -0.238. The van der Waals surface area contributed by atoms with Gasteiger partial charge < -0.3 is 10.2 Å². The van der Waals surface area contributed by atoms with Crippen LogP contribution < -0.4 is 0 Å². The van der Waals surface area contributed by atoms with Crippen molar-refractivity contribution < 1.29 is 20.0 Å². The van der Waals surface area contributed by atoms with Crippen LogP contribution >= 0.6 is 0 Å². The summed E-state index contributed by atoms with van der Waals surface area (Å²) in [5.74, 6) is 0. The number of rotatable bonds is 8. The highest BCUT2D eigenvalue weighted by molar-refractivity contribution is 4.65. The maximum absolute atomic E-state index is 8.64. The van der Waals surface area contributed by atoms with Gasteiger partial charge in [0, 0.05) is 19.6 Å². The van der Waals surface area contributed by atoms with Gasteiger partial charge in [-0.3, -0.25) is 9.79 Å². The topological polar surface area (TPSA) is 62.2 Å². The lowest BCUT2D eigenvalue weighted by Crippen LogP contribution is -2.32. The van der Waals surface area contributed by atoms with Crippen LogP contribution in [0.1, 0.15) is 0 Å². The van der Waals surface area contributed by atoms with E-state index in [0.717, 1.165) is 0 Å². The molecule has 0 unspecified atom stereocenters. The Hall–Kier alpha value is -0.800. The third-order valence-electron chi connectivity index (χ3n) is 1.43. The van der Waals surface area contributed by atoms with E-state index in [-0.39, 0.29) is 13.2 Å². The van der Waals surface area contributed by atoms with E-state index in [4.69, 9.17) is 16.6 Å². The molecule has 0 amide bonds. The first-order valence-electron chi connectivity index (χ1n) is 4.03. The molecule has 0 bridgehead atoms. The van der Waals surface area contributed by atoms with Crippen LogP contribution in [0.4, 0.5) is 0 Å². The van der Waals surface area contributed by atoms with Gasteiger partial charge in [-0.1, -0.05) is 6.42 Å². The molecular weight excluding hydrogens is 174 g/mol. The Bertz CT molecular complexity index is 140. The van der Waals surface area contributed by atoms with E-state index in [1.54, 1.807) is 0 Å². The maximum atomic E-state index is 8.64. The van der Waals surface area contributed by atoms with E-state index in [1.165, 1.54) is 0 Å². The fraction of sp³-hybridized carbons (Fsp3) is 0.750. The molecule has 0 aliphatic rings. The number of aliphatic hydroxyl groups excluding tert-OH is 2. The normalized spacial score (nSPS) is 10.0. The maximum Gasteiger partial charge on any atom is 0.153 e. The van der Waals surface area contributed by atoms with E-state index in [0.29, 0.717) is 26.2 Å². The molecule has 0 aromatic heterocycles.